The van der Waals surface area contributed by atoms with E-state index in [0.29, 0.717) is 38.2 Å². The van der Waals surface area contributed by atoms with E-state index >= 15 is 0 Å². The van der Waals surface area contributed by atoms with E-state index in [1.807, 2.05) is 18.2 Å². The molecule has 1 saturated heterocycles. The SMILES string of the molecule is N#Cc1ccc2c(c1)C(N1CCN(C(=O)[O-])CC1)C(O)CC2. The average Bonchev–Trinajstić information content (AvgIpc) is 2.54. The lowest BCUT2D eigenvalue weighted by Crippen LogP contribution is -2.55. The third-order valence-corrected chi connectivity index (χ3v) is 4.63. The molecular weight excluding hydrogens is 282 g/mol. The number of benzene rings is 1. The maximum atomic E-state index is 10.9. The highest BCUT2D eigenvalue weighted by Crippen LogP contribution is 2.35. The molecular formula is C16H18N3O3-. The molecule has 2 atom stereocenters. The first-order valence-electron chi connectivity index (χ1n) is 7.51. The number of piperazine rings is 1. The van der Waals surface area contributed by atoms with Gasteiger partial charge in [0.1, 0.15) is 6.09 Å². The Hall–Kier alpha value is -2.10. The average molecular weight is 300 g/mol. The zero-order chi connectivity index (χ0) is 15.7. The predicted molar refractivity (Wildman–Crippen MR) is 76.8 cm³/mol. The van der Waals surface area contributed by atoms with Gasteiger partial charge in [-0.05, 0) is 36.1 Å². The molecule has 1 amide bonds. The van der Waals surface area contributed by atoms with Gasteiger partial charge in [0.2, 0.25) is 0 Å². The van der Waals surface area contributed by atoms with Gasteiger partial charge in [-0.2, -0.15) is 5.26 Å². The summed E-state index contributed by atoms with van der Waals surface area (Å²) in [6.45, 7) is 1.90. The van der Waals surface area contributed by atoms with Crippen LogP contribution in [0.15, 0.2) is 18.2 Å². The summed E-state index contributed by atoms with van der Waals surface area (Å²) in [5.74, 6) is 0. The second-order valence-corrected chi connectivity index (χ2v) is 5.87. The van der Waals surface area contributed by atoms with Gasteiger partial charge in [0.15, 0.2) is 0 Å². The van der Waals surface area contributed by atoms with Crippen LogP contribution in [0.2, 0.25) is 0 Å². The molecule has 6 heteroatoms. The molecule has 1 fully saturated rings. The van der Waals surface area contributed by atoms with Crippen LogP contribution >= 0.6 is 0 Å². The summed E-state index contributed by atoms with van der Waals surface area (Å²) >= 11 is 0. The molecule has 0 radical (unpaired) electrons. The smallest absolute Gasteiger partial charge is 0.137 e. The van der Waals surface area contributed by atoms with E-state index in [4.69, 9.17) is 5.26 Å². The molecule has 1 aromatic carbocycles. The lowest BCUT2D eigenvalue weighted by atomic mass is 9.83. The van der Waals surface area contributed by atoms with Gasteiger partial charge >= 0.3 is 0 Å². The fourth-order valence-electron chi connectivity index (χ4n) is 3.46. The maximum Gasteiger partial charge on any atom is 0.137 e. The zero-order valence-electron chi connectivity index (χ0n) is 12.2. The van der Waals surface area contributed by atoms with Crippen molar-refractivity contribution < 1.29 is 15.0 Å². The van der Waals surface area contributed by atoms with Crippen molar-refractivity contribution in [2.45, 2.75) is 25.0 Å². The van der Waals surface area contributed by atoms with Crippen LogP contribution in [0.4, 0.5) is 4.79 Å². The lowest BCUT2D eigenvalue weighted by Gasteiger charge is -2.44. The minimum atomic E-state index is -1.14. The summed E-state index contributed by atoms with van der Waals surface area (Å²) in [4.78, 5) is 14.3. The Morgan fingerprint density at radius 3 is 2.68 bits per heavy atom. The molecule has 0 aromatic heterocycles. The van der Waals surface area contributed by atoms with Gasteiger partial charge in [-0.15, -0.1) is 0 Å². The van der Waals surface area contributed by atoms with Crippen molar-refractivity contribution in [3.05, 3.63) is 34.9 Å². The standard InChI is InChI=1S/C16H19N3O3/c17-10-11-1-2-12-3-4-14(20)15(13(12)9-11)18-5-7-19(8-6-18)16(21)22/h1-2,9,14-15,20H,3-8H2,(H,21,22)/p-1. The van der Waals surface area contributed by atoms with E-state index in [9.17, 15) is 15.0 Å². The van der Waals surface area contributed by atoms with Crippen molar-refractivity contribution in [2.75, 3.05) is 26.2 Å². The van der Waals surface area contributed by atoms with E-state index in [0.717, 1.165) is 17.5 Å². The van der Waals surface area contributed by atoms with Crippen molar-refractivity contribution in [1.82, 2.24) is 9.80 Å². The maximum absolute atomic E-state index is 10.9. The van der Waals surface area contributed by atoms with Crippen LogP contribution in [-0.2, 0) is 6.42 Å². The second kappa shape index (κ2) is 5.95. The van der Waals surface area contributed by atoms with Crippen LogP contribution in [0.5, 0.6) is 0 Å². The highest BCUT2D eigenvalue weighted by Gasteiger charge is 2.34. The first-order chi connectivity index (χ1) is 10.6. The number of carboxylic acid groups (broad SMARTS) is 1. The molecule has 1 heterocycles. The van der Waals surface area contributed by atoms with Crippen molar-refractivity contribution in [3.63, 3.8) is 0 Å². The molecule has 1 aliphatic carbocycles. The summed E-state index contributed by atoms with van der Waals surface area (Å²) in [5.41, 5.74) is 2.75. The molecule has 0 saturated carbocycles. The lowest BCUT2D eigenvalue weighted by molar-refractivity contribution is -0.267. The summed E-state index contributed by atoms with van der Waals surface area (Å²) in [5, 5.41) is 30.4. The van der Waals surface area contributed by atoms with Gasteiger partial charge in [-0.1, -0.05) is 6.07 Å². The normalized spacial score (nSPS) is 25.4. The summed E-state index contributed by atoms with van der Waals surface area (Å²) in [6, 6.07) is 7.60. The summed E-state index contributed by atoms with van der Waals surface area (Å²) < 4.78 is 0. The fraction of sp³-hybridized carbons (Fsp3) is 0.500. The first kappa shape index (κ1) is 14.8. The molecule has 0 spiro atoms. The van der Waals surface area contributed by atoms with Crippen LogP contribution in [0, 0.1) is 11.3 Å². The van der Waals surface area contributed by atoms with E-state index < -0.39 is 12.2 Å². The van der Waals surface area contributed by atoms with Gasteiger partial charge in [-0.3, -0.25) is 4.90 Å². The highest BCUT2D eigenvalue weighted by molar-refractivity contribution is 5.62. The summed E-state index contributed by atoms with van der Waals surface area (Å²) in [6.07, 6.45) is -0.144. The molecule has 1 N–H and O–H groups in total. The van der Waals surface area contributed by atoms with Gasteiger partial charge in [-0.25, -0.2) is 0 Å². The number of fused-ring (bicyclic) bond motifs is 1. The van der Waals surface area contributed by atoms with E-state index in [-0.39, 0.29) is 6.04 Å². The second-order valence-electron chi connectivity index (χ2n) is 5.87. The Labute approximate surface area is 129 Å². The summed E-state index contributed by atoms with van der Waals surface area (Å²) in [7, 11) is 0. The molecule has 2 unspecified atom stereocenters. The number of rotatable bonds is 1. The number of hydrogen-bond acceptors (Lipinski definition) is 5. The Bertz CT molecular complexity index is 618. The van der Waals surface area contributed by atoms with Crippen LogP contribution in [0.25, 0.3) is 0 Å². The first-order valence-corrected chi connectivity index (χ1v) is 7.51. The molecule has 116 valence electrons. The minimum absolute atomic E-state index is 0.166. The van der Waals surface area contributed by atoms with Crippen LogP contribution in [0.3, 0.4) is 0 Å². The van der Waals surface area contributed by atoms with E-state index in [1.54, 1.807) is 0 Å². The van der Waals surface area contributed by atoms with Crippen LogP contribution < -0.4 is 5.11 Å². The van der Waals surface area contributed by atoms with Crippen molar-refractivity contribution in [2.24, 2.45) is 0 Å². The molecule has 1 aromatic rings. The topological polar surface area (TPSA) is 90.6 Å². The number of aliphatic hydroxyl groups is 1. The molecule has 6 nitrogen and oxygen atoms in total. The van der Waals surface area contributed by atoms with Gasteiger partial charge in [0.25, 0.3) is 0 Å². The Kier molecular flexibility index (Phi) is 4.01. The van der Waals surface area contributed by atoms with Gasteiger partial charge in [0, 0.05) is 26.2 Å². The van der Waals surface area contributed by atoms with Crippen molar-refractivity contribution in [1.29, 1.82) is 5.26 Å². The number of amides is 1. The minimum Gasteiger partial charge on any atom is -0.530 e. The third-order valence-electron chi connectivity index (χ3n) is 4.63. The van der Waals surface area contributed by atoms with Gasteiger partial charge < -0.3 is 19.9 Å². The number of carbonyl (C=O) groups excluding carboxylic acids is 1. The molecule has 22 heavy (non-hydrogen) atoms. The molecule has 3 rings (SSSR count). The predicted octanol–water partition coefficient (Wildman–Crippen LogP) is -0.133. The zero-order valence-corrected chi connectivity index (χ0v) is 12.2. The fourth-order valence-corrected chi connectivity index (χ4v) is 3.46. The monoisotopic (exact) mass is 300 g/mol. The van der Waals surface area contributed by atoms with Gasteiger partial charge in [0.05, 0.1) is 23.8 Å². The number of aryl methyl sites for hydroxylation is 1. The highest BCUT2D eigenvalue weighted by atomic mass is 16.4. The number of nitrogens with zero attached hydrogens (tertiary/aromatic N) is 3. The number of nitriles is 1. The van der Waals surface area contributed by atoms with Crippen molar-refractivity contribution >= 4 is 6.09 Å². The Balaban J connectivity index is 1.85. The number of carbonyl (C=O) groups is 1. The Morgan fingerprint density at radius 2 is 2.05 bits per heavy atom. The molecule has 1 aliphatic heterocycles. The van der Waals surface area contributed by atoms with Crippen LogP contribution in [0.1, 0.15) is 29.2 Å². The number of hydrogen-bond donors (Lipinski definition) is 1. The van der Waals surface area contributed by atoms with E-state index in [1.165, 1.54) is 4.90 Å². The molecule has 2 aliphatic rings. The quantitative estimate of drug-likeness (QED) is 0.780. The molecule has 0 bridgehead atoms. The van der Waals surface area contributed by atoms with E-state index in [2.05, 4.69) is 11.0 Å². The number of aliphatic hydroxyl groups excluding tert-OH is 1. The van der Waals surface area contributed by atoms with Crippen molar-refractivity contribution in [3.8, 4) is 6.07 Å². The van der Waals surface area contributed by atoms with Crippen LogP contribution in [-0.4, -0.2) is 53.3 Å². The largest absolute Gasteiger partial charge is 0.530 e. The third kappa shape index (κ3) is 2.65. The Morgan fingerprint density at radius 1 is 1.32 bits per heavy atom.